The van der Waals surface area contributed by atoms with Crippen LogP contribution in [0.4, 0.5) is 4.39 Å². The molecule has 1 aliphatic carbocycles. The fourth-order valence-corrected chi connectivity index (χ4v) is 3.31. The predicted octanol–water partition coefficient (Wildman–Crippen LogP) is 1.64. The van der Waals surface area contributed by atoms with Gasteiger partial charge in [-0.25, -0.2) is 17.5 Å². The fourth-order valence-electron chi connectivity index (χ4n) is 2.10. The molecule has 0 atom stereocenters. The van der Waals surface area contributed by atoms with Gasteiger partial charge in [0, 0.05) is 12.1 Å². The molecule has 2 rings (SSSR count). The van der Waals surface area contributed by atoms with Crippen molar-refractivity contribution in [3.05, 3.63) is 29.6 Å². The summed E-state index contributed by atoms with van der Waals surface area (Å²) in [5, 5.41) is 8.58. The van der Waals surface area contributed by atoms with Crippen LogP contribution in [0.5, 0.6) is 0 Å². The van der Waals surface area contributed by atoms with E-state index in [0.29, 0.717) is 12.1 Å². The van der Waals surface area contributed by atoms with Crippen LogP contribution in [0.25, 0.3) is 0 Å². The van der Waals surface area contributed by atoms with Gasteiger partial charge in [-0.3, -0.25) is 0 Å². The summed E-state index contributed by atoms with van der Waals surface area (Å²) in [7, 11) is -3.85. The minimum atomic E-state index is -3.85. The van der Waals surface area contributed by atoms with Crippen molar-refractivity contribution in [2.45, 2.75) is 31.1 Å². The second kappa shape index (κ2) is 6.14. The Kier molecular flexibility index (Phi) is 4.67. The van der Waals surface area contributed by atoms with Crippen LogP contribution in [-0.2, 0) is 10.0 Å². The molecule has 0 bridgehead atoms. The molecule has 0 radical (unpaired) electrons. The third kappa shape index (κ3) is 3.82. The van der Waals surface area contributed by atoms with Gasteiger partial charge in [-0.05, 0) is 42.9 Å². The van der Waals surface area contributed by atoms with Gasteiger partial charge in [-0.1, -0.05) is 18.8 Å². The van der Waals surface area contributed by atoms with Crippen LogP contribution in [0.15, 0.2) is 23.1 Å². The van der Waals surface area contributed by atoms with Gasteiger partial charge in [-0.2, -0.15) is 0 Å². The smallest absolute Gasteiger partial charge is 0.243 e. The highest BCUT2D eigenvalue weighted by Crippen LogP contribution is 2.48. The van der Waals surface area contributed by atoms with Crippen molar-refractivity contribution >= 4 is 10.0 Å². The van der Waals surface area contributed by atoms with Gasteiger partial charge in [0.2, 0.25) is 10.0 Å². The molecule has 0 amide bonds. The largest absolute Gasteiger partial charge is 0.384 e. The van der Waals surface area contributed by atoms with Crippen molar-refractivity contribution in [2.24, 2.45) is 5.41 Å². The first-order valence-corrected chi connectivity index (χ1v) is 8.30. The molecular formula is C15H18FNO3S. The van der Waals surface area contributed by atoms with E-state index in [1.165, 1.54) is 12.1 Å². The lowest BCUT2D eigenvalue weighted by Crippen LogP contribution is -2.30. The molecule has 1 fully saturated rings. The molecule has 1 saturated carbocycles. The zero-order valence-corrected chi connectivity index (χ0v) is 12.6. The Morgan fingerprint density at radius 2 is 2.14 bits per heavy atom. The number of rotatable bonds is 5. The number of hydrogen-bond donors (Lipinski definition) is 2. The molecule has 6 heteroatoms. The molecule has 1 aliphatic rings. The van der Waals surface area contributed by atoms with E-state index >= 15 is 0 Å². The van der Waals surface area contributed by atoms with E-state index in [9.17, 15) is 12.8 Å². The molecule has 0 heterocycles. The zero-order chi connectivity index (χ0) is 15.5. The van der Waals surface area contributed by atoms with E-state index < -0.39 is 15.8 Å². The summed E-state index contributed by atoms with van der Waals surface area (Å²) in [6.45, 7) is 2.04. The number of halogens is 1. The third-order valence-electron chi connectivity index (χ3n) is 3.88. The Balaban J connectivity index is 2.16. The first-order chi connectivity index (χ1) is 9.92. The van der Waals surface area contributed by atoms with E-state index in [1.54, 1.807) is 0 Å². The van der Waals surface area contributed by atoms with Crippen LogP contribution >= 0.6 is 0 Å². The number of hydrogen-bond acceptors (Lipinski definition) is 3. The van der Waals surface area contributed by atoms with Crippen molar-refractivity contribution in [3.8, 4) is 11.8 Å². The first-order valence-electron chi connectivity index (χ1n) is 6.81. The summed E-state index contributed by atoms with van der Waals surface area (Å²) >= 11 is 0. The maximum Gasteiger partial charge on any atom is 0.243 e. The van der Waals surface area contributed by atoms with Gasteiger partial charge in [0.15, 0.2) is 0 Å². The highest BCUT2D eigenvalue weighted by molar-refractivity contribution is 7.89. The third-order valence-corrected chi connectivity index (χ3v) is 5.31. The van der Waals surface area contributed by atoms with E-state index in [1.807, 2.05) is 6.92 Å². The Morgan fingerprint density at radius 1 is 1.43 bits per heavy atom. The second-order valence-electron chi connectivity index (χ2n) is 5.28. The number of aliphatic hydroxyl groups excluding tert-OH is 1. The van der Waals surface area contributed by atoms with Crippen LogP contribution in [-0.4, -0.2) is 26.7 Å². The summed E-state index contributed by atoms with van der Waals surface area (Å²) in [5.41, 5.74) is 0.378. The summed E-state index contributed by atoms with van der Waals surface area (Å²) in [6.07, 6.45) is 2.92. The van der Waals surface area contributed by atoms with Gasteiger partial charge in [0.25, 0.3) is 0 Å². The average Bonchev–Trinajstić information content (AvgIpc) is 3.23. The molecular weight excluding hydrogens is 293 g/mol. The van der Waals surface area contributed by atoms with Crippen molar-refractivity contribution in [1.82, 2.24) is 4.72 Å². The molecule has 21 heavy (non-hydrogen) atoms. The molecule has 114 valence electrons. The normalized spacial score (nSPS) is 16.1. The average molecular weight is 311 g/mol. The van der Waals surface area contributed by atoms with Gasteiger partial charge in [0.05, 0.1) is 0 Å². The number of aliphatic hydroxyl groups is 1. The quantitative estimate of drug-likeness (QED) is 0.812. The summed E-state index contributed by atoms with van der Waals surface area (Å²) in [5.74, 6) is 4.08. The van der Waals surface area contributed by atoms with E-state index in [4.69, 9.17) is 5.11 Å². The van der Waals surface area contributed by atoms with E-state index in [0.717, 1.165) is 25.3 Å². The number of sulfonamides is 1. The monoisotopic (exact) mass is 311 g/mol. The molecule has 4 nitrogen and oxygen atoms in total. The van der Waals surface area contributed by atoms with Crippen LogP contribution < -0.4 is 4.72 Å². The van der Waals surface area contributed by atoms with E-state index in [2.05, 4.69) is 16.6 Å². The predicted molar refractivity (Wildman–Crippen MR) is 77.5 cm³/mol. The highest BCUT2D eigenvalue weighted by atomic mass is 32.2. The van der Waals surface area contributed by atoms with Crippen molar-refractivity contribution in [3.63, 3.8) is 0 Å². The standard InChI is InChI=1S/C15H18FNO3S/c1-2-15(7-8-15)11-17-21(19,20)14-6-5-12(4-3-9-18)10-13(14)16/h5-6,10,17-18H,2,7-9,11H2,1H3. The maximum absolute atomic E-state index is 13.9. The van der Waals surface area contributed by atoms with Crippen molar-refractivity contribution in [1.29, 1.82) is 0 Å². The molecule has 0 spiro atoms. The minimum absolute atomic E-state index is 0.0517. The van der Waals surface area contributed by atoms with Gasteiger partial charge < -0.3 is 5.11 Å². The summed E-state index contributed by atoms with van der Waals surface area (Å²) < 4.78 is 40.7. The van der Waals surface area contributed by atoms with Crippen LogP contribution in [0, 0.1) is 23.1 Å². The molecule has 0 aromatic heterocycles. The van der Waals surface area contributed by atoms with Gasteiger partial charge in [0.1, 0.15) is 17.3 Å². The molecule has 0 unspecified atom stereocenters. The topological polar surface area (TPSA) is 66.4 Å². The Hall–Kier alpha value is -1.42. The molecule has 1 aromatic carbocycles. The lowest BCUT2D eigenvalue weighted by molar-refractivity contribution is 0.350. The first kappa shape index (κ1) is 16.0. The Bertz CT molecular complexity index is 685. The zero-order valence-electron chi connectivity index (χ0n) is 11.8. The fraction of sp³-hybridized carbons (Fsp3) is 0.467. The second-order valence-corrected chi connectivity index (χ2v) is 7.02. The van der Waals surface area contributed by atoms with Gasteiger partial charge >= 0.3 is 0 Å². The highest BCUT2D eigenvalue weighted by Gasteiger charge is 2.41. The Labute approximate surface area is 124 Å². The molecule has 2 N–H and O–H groups in total. The number of nitrogens with one attached hydrogen (secondary N) is 1. The van der Waals surface area contributed by atoms with Crippen LogP contribution in [0.2, 0.25) is 0 Å². The maximum atomic E-state index is 13.9. The van der Waals surface area contributed by atoms with Crippen LogP contribution in [0.1, 0.15) is 31.7 Å². The molecule has 1 aromatic rings. The number of benzene rings is 1. The Morgan fingerprint density at radius 3 is 2.67 bits per heavy atom. The summed E-state index contributed by atoms with van der Waals surface area (Å²) in [6, 6.07) is 3.68. The van der Waals surface area contributed by atoms with Crippen LogP contribution in [0.3, 0.4) is 0 Å². The molecule has 0 saturated heterocycles. The van der Waals surface area contributed by atoms with Gasteiger partial charge in [-0.15, -0.1) is 0 Å². The van der Waals surface area contributed by atoms with E-state index in [-0.39, 0.29) is 16.9 Å². The lowest BCUT2D eigenvalue weighted by Gasteiger charge is -2.14. The SMILES string of the molecule is CCC1(CNS(=O)(=O)c2ccc(C#CCO)cc2F)CC1. The van der Waals surface area contributed by atoms with Crippen molar-refractivity contribution in [2.75, 3.05) is 13.2 Å². The van der Waals surface area contributed by atoms with Crippen molar-refractivity contribution < 1.29 is 17.9 Å². The minimum Gasteiger partial charge on any atom is -0.384 e. The molecule has 0 aliphatic heterocycles. The summed E-state index contributed by atoms with van der Waals surface area (Å²) in [4.78, 5) is -0.371. The lowest BCUT2D eigenvalue weighted by atomic mass is 10.1.